The number of carboxylic acid groups (broad SMARTS) is 1. The van der Waals surface area contributed by atoms with E-state index in [0.717, 1.165) is 24.3 Å². The van der Waals surface area contributed by atoms with Crippen LogP contribution in [-0.4, -0.2) is 48.3 Å². The minimum atomic E-state index is -0.685. The van der Waals surface area contributed by atoms with E-state index in [4.69, 9.17) is 4.74 Å². The van der Waals surface area contributed by atoms with Gasteiger partial charge in [-0.2, -0.15) is 0 Å². The normalized spacial score (nSPS) is 24.9. The fourth-order valence-electron chi connectivity index (χ4n) is 6.56. The number of benzene rings is 3. The first-order valence-corrected chi connectivity index (χ1v) is 13.4. The fraction of sp³-hybridized carbons (Fsp3) is 0.406. The molecule has 0 radical (unpaired) electrons. The van der Waals surface area contributed by atoms with Crippen molar-refractivity contribution in [3.63, 3.8) is 0 Å². The Labute approximate surface area is 220 Å². The molecular formula is C32H38N2O3. The van der Waals surface area contributed by atoms with Crippen molar-refractivity contribution in [2.75, 3.05) is 20.2 Å². The van der Waals surface area contributed by atoms with Crippen LogP contribution in [0.2, 0.25) is 0 Å². The van der Waals surface area contributed by atoms with Crippen molar-refractivity contribution in [3.05, 3.63) is 101 Å². The lowest BCUT2D eigenvalue weighted by Gasteiger charge is -2.56. The van der Waals surface area contributed by atoms with Crippen molar-refractivity contribution in [3.8, 4) is 5.75 Å². The number of nitrogens with zero attached hydrogens (tertiary/aromatic N) is 1. The Balaban J connectivity index is 1.54. The van der Waals surface area contributed by atoms with Crippen molar-refractivity contribution in [2.45, 2.75) is 50.7 Å². The van der Waals surface area contributed by atoms with Crippen LogP contribution in [0.4, 0.5) is 0 Å². The Morgan fingerprint density at radius 1 is 1.00 bits per heavy atom. The minimum Gasteiger partial charge on any atom is -0.496 e. The number of methoxy groups -OCH3 is 1. The van der Waals surface area contributed by atoms with Crippen LogP contribution in [0, 0.1) is 11.8 Å². The second-order valence-electron chi connectivity index (χ2n) is 10.8. The van der Waals surface area contributed by atoms with Crippen LogP contribution in [0.1, 0.15) is 54.4 Å². The van der Waals surface area contributed by atoms with Gasteiger partial charge in [0.2, 0.25) is 0 Å². The second-order valence-corrected chi connectivity index (χ2v) is 10.8. The van der Waals surface area contributed by atoms with Crippen LogP contribution in [-0.2, 0) is 11.3 Å². The van der Waals surface area contributed by atoms with Gasteiger partial charge >= 0.3 is 5.97 Å². The number of aliphatic carboxylic acids is 1. The van der Waals surface area contributed by atoms with Crippen molar-refractivity contribution < 1.29 is 14.6 Å². The molecule has 0 saturated carbocycles. The number of carboxylic acids is 1. The number of hydrogen-bond donors (Lipinski definition) is 2. The van der Waals surface area contributed by atoms with E-state index in [-0.39, 0.29) is 29.8 Å². The molecule has 5 nitrogen and oxygen atoms in total. The highest BCUT2D eigenvalue weighted by atomic mass is 16.5. The average Bonchev–Trinajstić information content (AvgIpc) is 2.93. The molecule has 5 heteroatoms. The largest absolute Gasteiger partial charge is 0.496 e. The number of carbonyl (C=O) groups is 1. The lowest BCUT2D eigenvalue weighted by Crippen LogP contribution is -2.68. The predicted molar refractivity (Wildman–Crippen MR) is 147 cm³/mol. The van der Waals surface area contributed by atoms with Gasteiger partial charge in [0.15, 0.2) is 0 Å². The summed E-state index contributed by atoms with van der Waals surface area (Å²) in [4.78, 5) is 14.8. The summed E-state index contributed by atoms with van der Waals surface area (Å²) < 4.78 is 5.71. The molecule has 0 aromatic heterocycles. The molecule has 3 heterocycles. The van der Waals surface area contributed by atoms with E-state index in [2.05, 4.69) is 103 Å². The molecule has 2 N–H and O–H groups in total. The maximum absolute atomic E-state index is 12.3. The lowest BCUT2D eigenvalue weighted by atomic mass is 9.66. The summed E-state index contributed by atoms with van der Waals surface area (Å²) in [5.74, 6) is 0.454. The highest BCUT2D eigenvalue weighted by Gasteiger charge is 2.52. The summed E-state index contributed by atoms with van der Waals surface area (Å²) in [6.45, 7) is 6.57. The summed E-state index contributed by atoms with van der Waals surface area (Å²) in [5.41, 5.74) is 4.93. The molecule has 5 atom stereocenters. The quantitative estimate of drug-likeness (QED) is 0.407. The number of hydrogen-bond acceptors (Lipinski definition) is 4. The van der Waals surface area contributed by atoms with E-state index >= 15 is 0 Å². The summed E-state index contributed by atoms with van der Waals surface area (Å²) in [5, 5.41) is 14.0. The lowest BCUT2D eigenvalue weighted by molar-refractivity contribution is -0.152. The zero-order chi connectivity index (χ0) is 25.9. The Bertz CT molecular complexity index is 1160. The molecule has 3 unspecified atom stereocenters. The highest BCUT2D eigenvalue weighted by molar-refractivity contribution is 5.71. The molecule has 0 spiro atoms. The van der Waals surface area contributed by atoms with Gasteiger partial charge in [0, 0.05) is 36.7 Å². The Morgan fingerprint density at radius 2 is 1.65 bits per heavy atom. The van der Waals surface area contributed by atoms with Crippen molar-refractivity contribution in [2.24, 2.45) is 11.8 Å². The molecule has 3 aliphatic rings. The molecule has 37 heavy (non-hydrogen) atoms. The van der Waals surface area contributed by atoms with E-state index in [0.29, 0.717) is 19.0 Å². The van der Waals surface area contributed by atoms with Gasteiger partial charge in [-0.05, 0) is 47.6 Å². The van der Waals surface area contributed by atoms with Crippen LogP contribution in [0.5, 0.6) is 5.75 Å². The van der Waals surface area contributed by atoms with Gasteiger partial charge in [-0.3, -0.25) is 9.69 Å². The molecule has 2 bridgehead atoms. The van der Waals surface area contributed by atoms with E-state index in [1.165, 1.54) is 16.7 Å². The predicted octanol–water partition coefficient (Wildman–Crippen LogP) is 5.51. The molecule has 3 aromatic carbocycles. The third-order valence-corrected chi connectivity index (χ3v) is 8.42. The van der Waals surface area contributed by atoms with Gasteiger partial charge in [-0.1, -0.05) is 86.6 Å². The third-order valence-electron chi connectivity index (χ3n) is 8.42. The first-order chi connectivity index (χ1) is 18.0. The highest BCUT2D eigenvalue weighted by Crippen LogP contribution is 2.44. The zero-order valence-corrected chi connectivity index (χ0v) is 22.0. The molecule has 3 aliphatic heterocycles. The summed E-state index contributed by atoms with van der Waals surface area (Å²) in [6.07, 6.45) is 0.893. The summed E-state index contributed by atoms with van der Waals surface area (Å²) in [6, 6.07) is 28.0. The van der Waals surface area contributed by atoms with Gasteiger partial charge in [0.05, 0.1) is 13.0 Å². The molecule has 3 fully saturated rings. The third kappa shape index (κ3) is 5.16. The molecule has 0 amide bonds. The van der Waals surface area contributed by atoms with Gasteiger partial charge in [0.1, 0.15) is 5.75 Å². The van der Waals surface area contributed by atoms with Gasteiger partial charge < -0.3 is 15.2 Å². The molecular weight excluding hydrogens is 460 g/mol. The Kier molecular flexibility index (Phi) is 7.63. The molecule has 6 rings (SSSR count). The first-order valence-electron chi connectivity index (χ1n) is 13.4. The SMILES string of the molecule is COc1ccc(C(C)C)cc1CNC1C2CCN(C[C@@H]2C(=O)O)[C@H]1C(c1ccccc1)c1ccccc1. The summed E-state index contributed by atoms with van der Waals surface area (Å²) >= 11 is 0. The standard InChI is InChI=1S/C32H38N2O3/c1-21(2)24-14-15-28(37-3)25(18-24)19-33-30-26-16-17-34(20-27(26)32(35)36)31(30)29(22-10-6-4-7-11-22)23-12-8-5-9-13-23/h4-15,18,21,26-27,29-31,33H,16-17,19-20H2,1-3H3,(H,35,36)/t26?,27-,30?,31-/m0/s1. The maximum Gasteiger partial charge on any atom is 0.308 e. The monoisotopic (exact) mass is 498 g/mol. The van der Waals surface area contributed by atoms with Crippen LogP contribution in [0.3, 0.4) is 0 Å². The van der Waals surface area contributed by atoms with Gasteiger partial charge in [-0.25, -0.2) is 0 Å². The van der Waals surface area contributed by atoms with E-state index < -0.39 is 5.97 Å². The van der Waals surface area contributed by atoms with Gasteiger partial charge in [0.25, 0.3) is 0 Å². The number of nitrogens with one attached hydrogen (secondary N) is 1. The van der Waals surface area contributed by atoms with Crippen LogP contribution >= 0.6 is 0 Å². The number of fused-ring (bicyclic) bond motifs is 3. The van der Waals surface area contributed by atoms with E-state index in [9.17, 15) is 9.90 Å². The number of piperidine rings is 3. The van der Waals surface area contributed by atoms with E-state index in [1.54, 1.807) is 7.11 Å². The van der Waals surface area contributed by atoms with Crippen LogP contribution < -0.4 is 10.1 Å². The Morgan fingerprint density at radius 3 is 2.22 bits per heavy atom. The van der Waals surface area contributed by atoms with Crippen molar-refractivity contribution >= 4 is 5.97 Å². The minimum absolute atomic E-state index is 0.0291. The fourth-order valence-corrected chi connectivity index (χ4v) is 6.56. The molecule has 0 aliphatic carbocycles. The van der Waals surface area contributed by atoms with Crippen molar-refractivity contribution in [1.29, 1.82) is 0 Å². The maximum atomic E-state index is 12.3. The van der Waals surface area contributed by atoms with E-state index in [1.807, 2.05) is 0 Å². The molecule has 3 aromatic rings. The molecule has 194 valence electrons. The van der Waals surface area contributed by atoms with Gasteiger partial charge in [-0.15, -0.1) is 0 Å². The smallest absolute Gasteiger partial charge is 0.308 e. The van der Waals surface area contributed by atoms with Crippen LogP contribution in [0.25, 0.3) is 0 Å². The van der Waals surface area contributed by atoms with Crippen LogP contribution in [0.15, 0.2) is 78.9 Å². The number of rotatable bonds is 9. The molecule has 3 saturated heterocycles. The number of ether oxygens (including phenoxy) is 1. The average molecular weight is 499 g/mol. The zero-order valence-electron chi connectivity index (χ0n) is 22.0. The first kappa shape index (κ1) is 25.5. The summed E-state index contributed by atoms with van der Waals surface area (Å²) in [7, 11) is 1.71. The second kappa shape index (κ2) is 11.1. The topological polar surface area (TPSA) is 61.8 Å². The Hall–Kier alpha value is -3.15. The van der Waals surface area contributed by atoms with Crippen molar-refractivity contribution in [1.82, 2.24) is 10.2 Å².